The molecule has 3 saturated carbocycles. The van der Waals surface area contributed by atoms with Crippen molar-refractivity contribution in [1.82, 2.24) is 0 Å². The maximum atomic E-state index is 12.1. The summed E-state index contributed by atoms with van der Waals surface area (Å²) in [5, 5.41) is 33.5. The van der Waals surface area contributed by atoms with Crippen molar-refractivity contribution in [2.45, 2.75) is 122 Å². The summed E-state index contributed by atoms with van der Waals surface area (Å²) in [6.07, 6.45) is 8.31. The molecular formula is C29H46O6. The van der Waals surface area contributed by atoms with Crippen molar-refractivity contribution >= 4 is 5.97 Å². The number of aliphatic hydroxyl groups excluding tert-OH is 2. The molecule has 10 atom stereocenters. The molecule has 6 nitrogen and oxygen atoms in total. The summed E-state index contributed by atoms with van der Waals surface area (Å²) in [4.78, 5) is 12.1. The molecule has 1 aliphatic heterocycles. The smallest absolute Gasteiger partial charge is 0.303 e. The Bertz CT molecular complexity index is 884. The van der Waals surface area contributed by atoms with Gasteiger partial charge in [-0.3, -0.25) is 4.79 Å². The third-order valence-corrected chi connectivity index (χ3v) is 11.0. The lowest BCUT2D eigenvalue weighted by atomic mass is 9.44. The number of hydrogen-bond donors (Lipinski definition) is 3. The lowest BCUT2D eigenvalue weighted by Crippen LogP contribution is -2.72. The van der Waals surface area contributed by atoms with Crippen LogP contribution in [-0.2, 0) is 14.3 Å². The molecule has 35 heavy (non-hydrogen) atoms. The molecular weight excluding hydrogens is 444 g/mol. The fourth-order valence-corrected chi connectivity index (χ4v) is 9.40. The van der Waals surface area contributed by atoms with E-state index in [0.29, 0.717) is 24.7 Å². The SMILES string of the molecule is CC(=O)O[C@H]1C=C2C3CC[C@H]([C@H](C)CCCC(C)C)[C@@]3(C)C[C@H]3O[C@@]23[C@@]2(CO)CC[C@H](O)C[C@]12O. The van der Waals surface area contributed by atoms with E-state index in [1.807, 2.05) is 6.08 Å². The van der Waals surface area contributed by atoms with Gasteiger partial charge in [0.05, 0.1) is 24.2 Å². The molecule has 3 N–H and O–H groups in total. The van der Waals surface area contributed by atoms with Gasteiger partial charge in [0, 0.05) is 13.3 Å². The van der Waals surface area contributed by atoms with Gasteiger partial charge in [-0.25, -0.2) is 0 Å². The highest BCUT2D eigenvalue weighted by molar-refractivity contribution is 5.67. The zero-order chi connectivity index (χ0) is 25.4. The Labute approximate surface area is 210 Å². The molecule has 1 heterocycles. The summed E-state index contributed by atoms with van der Waals surface area (Å²) in [6.45, 7) is 10.5. The van der Waals surface area contributed by atoms with Crippen molar-refractivity contribution in [2.75, 3.05) is 6.61 Å². The second kappa shape index (κ2) is 8.54. The molecule has 1 saturated heterocycles. The van der Waals surface area contributed by atoms with Gasteiger partial charge in [-0.05, 0) is 72.8 Å². The van der Waals surface area contributed by atoms with Gasteiger partial charge in [-0.15, -0.1) is 0 Å². The molecule has 5 aliphatic rings. The van der Waals surface area contributed by atoms with Crippen molar-refractivity contribution < 1.29 is 29.6 Å². The van der Waals surface area contributed by atoms with Crippen molar-refractivity contribution in [1.29, 1.82) is 0 Å². The minimum Gasteiger partial charge on any atom is -0.455 e. The Balaban J connectivity index is 1.52. The molecule has 4 aliphatic carbocycles. The normalized spacial score (nSPS) is 48.8. The largest absolute Gasteiger partial charge is 0.455 e. The van der Waals surface area contributed by atoms with E-state index >= 15 is 0 Å². The Morgan fingerprint density at radius 3 is 2.60 bits per heavy atom. The van der Waals surface area contributed by atoms with Gasteiger partial charge in [0.1, 0.15) is 17.3 Å². The second-order valence-corrected chi connectivity index (χ2v) is 13.3. The van der Waals surface area contributed by atoms with Crippen LogP contribution < -0.4 is 0 Å². The van der Waals surface area contributed by atoms with Crippen LogP contribution in [0.1, 0.15) is 92.4 Å². The third-order valence-electron chi connectivity index (χ3n) is 11.0. The van der Waals surface area contributed by atoms with E-state index in [2.05, 4.69) is 27.7 Å². The Morgan fingerprint density at radius 1 is 1.20 bits per heavy atom. The highest BCUT2D eigenvalue weighted by Gasteiger charge is 2.83. The lowest BCUT2D eigenvalue weighted by molar-refractivity contribution is -0.237. The highest BCUT2D eigenvalue weighted by Crippen LogP contribution is 2.76. The molecule has 0 bridgehead atoms. The number of fused-ring (bicyclic) bond motifs is 3. The second-order valence-electron chi connectivity index (χ2n) is 13.3. The first-order valence-corrected chi connectivity index (χ1v) is 14.0. The number of aliphatic hydroxyl groups is 3. The zero-order valence-corrected chi connectivity index (χ0v) is 22.3. The predicted octanol–water partition coefficient (Wildman–Crippen LogP) is 4.15. The summed E-state index contributed by atoms with van der Waals surface area (Å²) in [5.41, 5.74) is -2.01. The molecule has 1 unspecified atom stereocenters. The molecule has 4 fully saturated rings. The summed E-state index contributed by atoms with van der Waals surface area (Å²) in [5.74, 6) is 1.80. The zero-order valence-electron chi connectivity index (χ0n) is 22.3. The van der Waals surface area contributed by atoms with Gasteiger partial charge in [0.2, 0.25) is 0 Å². The Hall–Kier alpha value is -0.950. The van der Waals surface area contributed by atoms with Gasteiger partial charge in [0.25, 0.3) is 0 Å². The van der Waals surface area contributed by atoms with E-state index in [0.717, 1.165) is 24.3 Å². The minimum atomic E-state index is -1.56. The Kier molecular flexibility index (Phi) is 6.27. The van der Waals surface area contributed by atoms with E-state index in [-0.39, 0.29) is 30.5 Å². The van der Waals surface area contributed by atoms with Gasteiger partial charge in [0.15, 0.2) is 0 Å². The van der Waals surface area contributed by atoms with E-state index in [4.69, 9.17) is 9.47 Å². The monoisotopic (exact) mass is 490 g/mol. The number of epoxide rings is 1. The van der Waals surface area contributed by atoms with Crippen LogP contribution in [0.2, 0.25) is 0 Å². The predicted molar refractivity (Wildman–Crippen MR) is 132 cm³/mol. The van der Waals surface area contributed by atoms with Crippen molar-refractivity contribution in [3.63, 3.8) is 0 Å². The van der Waals surface area contributed by atoms with Gasteiger partial charge >= 0.3 is 5.97 Å². The quantitative estimate of drug-likeness (QED) is 0.282. The van der Waals surface area contributed by atoms with Crippen LogP contribution in [-0.4, -0.2) is 57.4 Å². The van der Waals surface area contributed by atoms with Crippen molar-refractivity contribution in [3.8, 4) is 0 Å². The lowest BCUT2D eigenvalue weighted by Gasteiger charge is -2.61. The molecule has 0 aromatic heterocycles. The van der Waals surface area contributed by atoms with Gasteiger partial charge < -0.3 is 24.8 Å². The molecule has 5 rings (SSSR count). The minimum absolute atomic E-state index is 0.0503. The number of esters is 1. The molecule has 0 aromatic carbocycles. The third kappa shape index (κ3) is 3.45. The van der Waals surface area contributed by atoms with Gasteiger partial charge in [-0.1, -0.05) is 47.0 Å². The number of carbonyl (C=O) groups excluding carboxylic acids is 1. The van der Waals surface area contributed by atoms with Crippen LogP contribution >= 0.6 is 0 Å². The van der Waals surface area contributed by atoms with E-state index in [1.165, 1.54) is 32.6 Å². The first kappa shape index (κ1) is 25.7. The van der Waals surface area contributed by atoms with Crippen LogP contribution in [0.15, 0.2) is 11.6 Å². The molecule has 198 valence electrons. The van der Waals surface area contributed by atoms with E-state index < -0.39 is 34.8 Å². The maximum Gasteiger partial charge on any atom is 0.303 e. The molecule has 0 amide bonds. The standard InChI is InChI=1S/C29H46O6/c1-17(2)7-6-8-18(3)21-9-10-22-23-13-24(34-19(4)31)28(33)14-20(32)11-12-27(28,16-30)29(23)25(35-29)15-26(21,22)5/h13,17-18,20-22,24-25,30,32-33H,6-12,14-16H2,1-5H3/t18-,20+,21-,22?,24+,25-,26-,27-,28+,29+/m1/s1. The first-order chi connectivity index (χ1) is 16.4. The van der Waals surface area contributed by atoms with Crippen LogP contribution in [0, 0.1) is 34.5 Å². The molecule has 0 radical (unpaired) electrons. The number of ether oxygens (including phenoxy) is 2. The number of hydrogen-bond acceptors (Lipinski definition) is 6. The number of rotatable bonds is 7. The van der Waals surface area contributed by atoms with Crippen LogP contribution in [0.4, 0.5) is 0 Å². The topological polar surface area (TPSA) is 99.5 Å². The molecule has 6 heteroatoms. The molecule has 1 spiro atoms. The summed E-state index contributed by atoms with van der Waals surface area (Å²) < 4.78 is 12.4. The summed E-state index contributed by atoms with van der Waals surface area (Å²) in [6, 6.07) is 0. The summed E-state index contributed by atoms with van der Waals surface area (Å²) >= 11 is 0. The Morgan fingerprint density at radius 2 is 1.94 bits per heavy atom. The summed E-state index contributed by atoms with van der Waals surface area (Å²) in [7, 11) is 0. The highest BCUT2D eigenvalue weighted by atomic mass is 16.6. The first-order valence-electron chi connectivity index (χ1n) is 14.0. The van der Waals surface area contributed by atoms with Crippen molar-refractivity contribution in [3.05, 3.63) is 11.6 Å². The maximum absolute atomic E-state index is 12.1. The van der Waals surface area contributed by atoms with Gasteiger partial charge in [-0.2, -0.15) is 0 Å². The fraction of sp³-hybridized carbons (Fsp3) is 0.897. The van der Waals surface area contributed by atoms with E-state index in [9.17, 15) is 20.1 Å². The molecule has 0 aromatic rings. The van der Waals surface area contributed by atoms with Crippen LogP contribution in [0.3, 0.4) is 0 Å². The van der Waals surface area contributed by atoms with E-state index in [1.54, 1.807) is 0 Å². The number of carbonyl (C=O) groups is 1. The van der Waals surface area contributed by atoms with Crippen molar-refractivity contribution in [2.24, 2.45) is 34.5 Å². The fourth-order valence-electron chi connectivity index (χ4n) is 9.40. The van der Waals surface area contributed by atoms with Crippen LogP contribution in [0.25, 0.3) is 0 Å². The average molecular weight is 491 g/mol. The van der Waals surface area contributed by atoms with Crippen LogP contribution in [0.5, 0.6) is 0 Å². The average Bonchev–Trinajstić information content (AvgIpc) is 3.37.